The molecule has 0 aliphatic carbocycles. The first kappa shape index (κ1) is 12.5. The number of anilines is 1. The topological polar surface area (TPSA) is 84.6 Å². The van der Waals surface area contributed by atoms with Gasteiger partial charge in [0.1, 0.15) is 5.75 Å². The Morgan fingerprint density at radius 1 is 1.56 bits per heavy atom. The summed E-state index contributed by atoms with van der Waals surface area (Å²) < 4.78 is 4.99. The van der Waals surface area contributed by atoms with Gasteiger partial charge in [-0.2, -0.15) is 0 Å². The van der Waals surface area contributed by atoms with Gasteiger partial charge in [0.2, 0.25) is 0 Å². The molecular weight excluding hydrogens is 208 g/mol. The molecule has 0 amide bonds. The minimum Gasteiger partial charge on any atom is -0.495 e. The number of methoxy groups -OCH3 is 1. The van der Waals surface area contributed by atoms with Gasteiger partial charge in [-0.1, -0.05) is 0 Å². The lowest BCUT2D eigenvalue weighted by Crippen LogP contribution is -2.25. The van der Waals surface area contributed by atoms with E-state index in [9.17, 15) is 4.79 Å². The quantitative estimate of drug-likeness (QED) is 0.361. The van der Waals surface area contributed by atoms with Crippen molar-refractivity contribution in [2.75, 3.05) is 32.5 Å². The van der Waals surface area contributed by atoms with Crippen molar-refractivity contribution in [2.45, 2.75) is 0 Å². The van der Waals surface area contributed by atoms with E-state index in [0.29, 0.717) is 23.5 Å². The van der Waals surface area contributed by atoms with Crippen LogP contribution in [-0.4, -0.2) is 37.7 Å². The monoisotopic (exact) mass is 224 g/mol. The molecule has 1 aromatic carbocycles. The van der Waals surface area contributed by atoms with Crippen LogP contribution in [-0.2, 0) is 0 Å². The van der Waals surface area contributed by atoms with Crippen LogP contribution in [0.4, 0.5) is 5.69 Å². The van der Waals surface area contributed by atoms with Gasteiger partial charge in [0.05, 0.1) is 25.9 Å². The molecule has 5 nitrogen and oxygen atoms in total. The van der Waals surface area contributed by atoms with Crippen LogP contribution in [0.25, 0.3) is 0 Å². The van der Waals surface area contributed by atoms with E-state index in [4.69, 9.17) is 15.6 Å². The van der Waals surface area contributed by atoms with Gasteiger partial charge in [0, 0.05) is 12.1 Å². The number of aliphatic hydroxyl groups is 1. The van der Waals surface area contributed by atoms with E-state index in [0.717, 1.165) is 0 Å². The van der Waals surface area contributed by atoms with E-state index in [2.05, 4.69) is 5.32 Å². The molecule has 0 aromatic heterocycles. The zero-order valence-corrected chi connectivity index (χ0v) is 9.19. The third-order valence-electron chi connectivity index (χ3n) is 2.13. The number of ketones is 1. The van der Waals surface area contributed by atoms with Crippen LogP contribution in [0.1, 0.15) is 10.4 Å². The molecule has 0 aliphatic heterocycles. The lowest BCUT2D eigenvalue weighted by molar-refractivity contribution is 0.0989. The highest BCUT2D eigenvalue weighted by Gasteiger charge is 2.07. The molecule has 1 aromatic rings. The molecule has 0 atom stereocenters. The molecule has 0 aliphatic rings. The summed E-state index contributed by atoms with van der Waals surface area (Å²) in [6, 6.07) is 4.91. The van der Waals surface area contributed by atoms with E-state index in [1.807, 2.05) is 0 Å². The maximum atomic E-state index is 11.6. The van der Waals surface area contributed by atoms with Crippen LogP contribution in [0.3, 0.4) is 0 Å². The molecule has 0 unspecified atom stereocenters. The van der Waals surface area contributed by atoms with Crippen LogP contribution in [0.2, 0.25) is 0 Å². The van der Waals surface area contributed by atoms with Gasteiger partial charge < -0.3 is 20.9 Å². The Morgan fingerprint density at radius 3 is 2.88 bits per heavy atom. The molecule has 0 saturated heterocycles. The number of hydrogen-bond donors (Lipinski definition) is 3. The fourth-order valence-electron chi connectivity index (χ4n) is 1.29. The molecule has 0 bridgehead atoms. The Balaban J connectivity index is 2.66. The number of hydrogen-bond acceptors (Lipinski definition) is 5. The van der Waals surface area contributed by atoms with E-state index >= 15 is 0 Å². The van der Waals surface area contributed by atoms with Crippen LogP contribution in [0.15, 0.2) is 18.2 Å². The number of ether oxygens (including phenoxy) is 1. The predicted octanol–water partition coefficient (Wildman–Crippen LogP) is 0.0420. The lowest BCUT2D eigenvalue weighted by atomic mass is 10.1. The third-order valence-corrected chi connectivity index (χ3v) is 2.13. The van der Waals surface area contributed by atoms with Gasteiger partial charge in [0.15, 0.2) is 5.78 Å². The van der Waals surface area contributed by atoms with Gasteiger partial charge in [-0.25, -0.2) is 0 Å². The van der Waals surface area contributed by atoms with Gasteiger partial charge >= 0.3 is 0 Å². The number of aliphatic hydroxyl groups excluding tert-OH is 1. The minimum atomic E-state index is -0.0668. The van der Waals surface area contributed by atoms with E-state index in [1.54, 1.807) is 18.2 Å². The van der Waals surface area contributed by atoms with E-state index < -0.39 is 0 Å². The number of carbonyl (C=O) groups excluding carboxylic acids is 1. The van der Waals surface area contributed by atoms with Crippen molar-refractivity contribution < 1.29 is 14.6 Å². The second kappa shape index (κ2) is 6.09. The standard InChI is InChI=1S/C11H16N2O3/c1-16-11-3-2-8(6-9(11)12)10(15)7-13-4-5-14/h2-3,6,13-14H,4-5,7,12H2,1H3. The first-order chi connectivity index (χ1) is 7.69. The SMILES string of the molecule is COc1ccc(C(=O)CNCCO)cc1N. The van der Waals surface area contributed by atoms with Gasteiger partial charge in [-0.3, -0.25) is 4.79 Å². The minimum absolute atomic E-state index is 0.0119. The Labute approximate surface area is 94.2 Å². The molecule has 0 fully saturated rings. The molecule has 88 valence electrons. The summed E-state index contributed by atoms with van der Waals surface area (Å²) in [4.78, 5) is 11.6. The van der Waals surface area contributed by atoms with E-state index in [1.165, 1.54) is 7.11 Å². The summed E-state index contributed by atoms with van der Waals surface area (Å²) in [5, 5.41) is 11.4. The number of benzene rings is 1. The molecule has 0 heterocycles. The smallest absolute Gasteiger partial charge is 0.176 e. The van der Waals surface area contributed by atoms with Crippen LogP contribution in [0.5, 0.6) is 5.75 Å². The fourth-order valence-corrected chi connectivity index (χ4v) is 1.29. The predicted molar refractivity (Wildman–Crippen MR) is 61.7 cm³/mol. The number of carbonyl (C=O) groups is 1. The number of Topliss-reactive ketones (excluding diaryl/α,β-unsaturated/α-hetero) is 1. The van der Waals surface area contributed by atoms with Gasteiger partial charge in [-0.15, -0.1) is 0 Å². The second-order valence-electron chi connectivity index (χ2n) is 3.28. The Morgan fingerprint density at radius 2 is 2.31 bits per heavy atom. The fraction of sp³-hybridized carbons (Fsp3) is 0.364. The van der Waals surface area contributed by atoms with Gasteiger partial charge in [-0.05, 0) is 18.2 Å². The van der Waals surface area contributed by atoms with Crippen LogP contribution in [0, 0.1) is 0 Å². The Bertz CT molecular complexity index is 366. The van der Waals surface area contributed by atoms with Crippen molar-refractivity contribution in [3.8, 4) is 5.75 Å². The third kappa shape index (κ3) is 3.22. The number of rotatable bonds is 6. The number of nitrogen functional groups attached to an aromatic ring is 1. The molecule has 0 spiro atoms. The molecule has 16 heavy (non-hydrogen) atoms. The average molecular weight is 224 g/mol. The Hall–Kier alpha value is -1.59. The van der Waals surface area contributed by atoms with Crippen LogP contribution < -0.4 is 15.8 Å². The zero-order chi connectivity index (χ0) is 12.0. The normalized spacial score (nSPS) is 10.1. The summed E-state index contributed by atoms with van der Waals surface area (Å²) >= 11 is 0. The van der Waals surface area contributed by atoms with Crippen molar-refractivity contribution in [1.29, 1.82) is 0 Å². The summed E-state index contributed by atoms with van der Waals surface area (Å²) in [5.74, 6) is 0.489. The summed E-state index contributed by atoms with van der Waals surface area (Å²) in [7, 11) is 1.52. The molecule has 1 rings (SSSR count). The molecule has 0 radical (unpaired) electrons. The molecular formula is C11H16N2O3. The zero-order valence-electron chi connectivity index (χ0n) is 9.19. The van der Waals surface area contributed by atoms with Crippen molar-refractivity contribution in [2.24, 2.45) is 0 Å². The maximum absolute atomic E-state index is 11.6. The second-order valence-corrected chi connectivity index (χ2v) is 3.28. The lowest BCUT2D eigenvalue weighted by Gasteiger charge is -2.07. The Kier molecular flexibility index (Phi) is 4.75. The molecule has 5 heteroatoms. The van der Waals surface area contributed by atoms with E-state index in [-0.39, 0.29) is 18.9 Å². The summed E-state index contributed by atoms with van der Waals surface area (Å²) in [6.07, 6.45) is 0. The average Bonchev–Trinajstić information content (AvgIpc) is 2.29. The van der Waals surface area contributed by atoms with Crippen molar-refractivity contribution in [3.63, 3.8) is 0 Å². The first-order valence-electron chi connectivity index (χ1n) is 4.97. The highest BCUT2D eigenvalue weighted by Crippen LogP contribution is 2.21. The highest BCUT2D eigenvalue weighted by molar-refractivity contribution is 5.98. The summed E-state index contributed by atoms with van der Waals surface area (Å²) in [5.41, 5.74) is 6.66. The van der Waals surface area contributed by atoms with Crippen molar-refractivity contribution in [1.82, 2.24) is 5.32 Å². The van der Waals surface area contributed by atoms with Crippen molar-refractivity contribution >= 4 is 11.5 Å². The largest absolute Gasteiger partial charge is 0.495 e. The van der Waals surface area contributed by atoms with Gasteiger partial charge in [0.25, 0.3) is 0 Å². The number of nitrogens with one attached hydrogen (secondary N) is 1. The number of nitrogens with two attached hydrogens (primary N) is 1. The molecule has 0 saturated carbocycles. The van der Waals surface area contributed by atoms with Crippen molar-refractivity contribution in [3.05, 3.63) is 23.8 Å². The van der Waals surface area contributed by atoms with Crippen LogP contribution >= 0.6 is 0 Å². The first-order valence-corrected chi connectivity index (χ1v) is 4.97. The highest BCUT2D eigenvalue weighted by atomic mass is 16.5. The maximum Gasteiger partial charge on any atom is 0.176 e. The summed E-state index contributed by atoms with van der Waals surface area (Å²) in [6.45, 7) is 0.599. The molecule has 4 N–H and O–H groups in total.